The first-order valence-corrected chi connectivity index (χ1v) is 6.04. The highest BCUT2D eigenvalue weighted by Gasteiger charge is 2.12. The molecular weight excluding hydrogens is 270 g/mol. The number of rotatable bonds is 5. The fraction of sp³-hybridized carbons (Fsp3) is 0.500. The van der Waals surface area contributed by atoms with Gasteiger partial charge in [-0.1, -0.05) is 6.07 Å². The topological polar surface area (TPSA) is 44.5 Å². The van der Waals surface area contributed by atoms with E-state index in [1.165, 1.54) is 5.56 Å². The van der Waals surface area contributed by atoms with E-state index >= 15 is 0 Å². The number of nitrogens with two attached hydrogens (primary N) is 1. The molecule has 2 N–H and O–H groups in total. The fourth-order valence-corrected chi connectivity index (χ4v) is 2.19. The molecule has 3 nitrogen and oxygen atoms in total. The molecular formula is C12H18BrNO2. The normalized spacial score (nSPS) is 12.3. The van der Waals surface area contributed by atoms with Gasteiger partial charge in [0.05, 0.1) is 18.7 Å². The van der Waals surface area contributed by atoms with Gasteiger partial charge in [0.1, 0.15) is 0 Å². The standard InChI is InChI=1S/C12H18BrNO2/c1-8(14)4-5-9-6-7-10(15-2)12(16-3)11(9)13/h6-8H,4-5,14H2,1-3H3/t8-/m0/s1. The molecule has 0 radical (unpaired) electrons. The summed E-state index contributed by atoms with van der Waals surface area (Å²) in [7, 11) is 3.27. The molecule has 4 heteroatoms. The Hall–Kier alpha value is -0.740. The van der Waals surface area contributed by atoms with Crippen molar-refractivity contribution in [3.8, 4) is 11.5 Å². The van der Waals surface area contributed by atoms with Gasteiger partial charge in [0, 0.05) is 6.04 Å². The van der Waals surface area contributed by atoms with E-state index in [4.69, 9.17) is 15.2 Å². The van der Waals surface area contributed by atoms with Gasteiger partial charge in [-0.05, 0) is 47.3 Å². The van der Waals surface area contributed by atoms with Crippen molar-refractivity contribution in [2.75, 3.05) is 14.2 Å². The summed E-state index contributed by atoms with van der Waals surface area (Å²) in [6.45, 7) is 2.01. The molecule has 0 saturated carbocycles. The van der Waals surface area contributed by atoms with Gasteiger partial charge in [0.15, 0.2) is 11.5 Å². The van der Waals surface area contributed by atoms with Crippen LogP contribution in [0.4, 0.5) is 0 Å². The average molecular weight is 288 g/mol. The Kier molecular flexibility index (Phi) is 5.09. The Morgan fingerprint density at radius 3 is 2.50 bits per heavy atom. The summed E-state index contributed by atoms with van der Waals surface area (Å²) in [5, 5.41) is 0. The van der Waals surface area contributed by atoms with Crippen LogP contribution in [0, 0.1) is 0 Å². The summed E-state index contributed by atoms with van der Waals surface area (Å²) in [6.07, 6.45) is 1.88. The Labute approximate surface area is 105 Å². The first-order chi connectivity index (χ1) is 7.60. The smallest absolute Gasteiger partial charge is 0.175 e. The molecule has 0 aliphatic rings. The van der Waals surface area contributed by atoms with Gasteiger partial charge < -0.3 is 15.2 Å². The van der Waals surface area contributed by atoms with Crippen LogP contribution in [0.25, 0.3) is 0 Å². The molecule has 0 saturated heterocycles. The first-order valence-electron chi connectivity index (χ1n) is 5.25. The average Bonchev–Trinajstić information content (AvgIpc) is 2.26. The predicted octanol–water partition coefficient (Wildman–Crippen LogP) is 2.75. The molecule has 90 valence electrons. The summed E-state index contributed by atoms with van der Waals surface area (Å²) in [6, 6.07) is 4.16. The second-order valence-electron chi connectivity index (χ2n) is 3.79. The van der Waals surface area contributed by atoms with Crippen molar-refractivity contribution < 1.29 is 9.47 Å². The first kappa shape index (κ1) is 13.3. The van der Waals surface area contributed by atoms with Crippen molar-refractivity contribution in [1.29, 1.82) is 0 Å². The van der Waals surface area contributed by atoms with Gasteiger partial charge in [-0.25, -0.2) is 0 Å². The van der Waals surface area contributed by atoms with Crippen molar-refractivity contribution in [3.05, 3.63) is 22.2 Å². The molecule has 0 spiro atoms. The molecule has 0 heterocycles. The van der Waals surface area contributed by atoms with Crippen LogP contribution in [-0.4, -0.2) is 20.3 Å². The number of hydrogen-bond acceptors (Lipinski definition) is 3. The van der Waals surface area contributed by atoms with Crippen LogP contribution in [0.1, 0.15) is 18.9 Å². The van der Waals surface area contributed by atoms with Gasteiger partial charge in [0.2, 0.25) is 0 Å². The lowest BCUT2D eigenvalue weighted by molar-refractivity contribution is 0.352. The van der Waals surface area contributed by atoms with E-state index < -0.39 is 0 Å². The highest BCUT2D eigenvalue weighted by Crippen LogP contribution is 2.37. The number of methoxy groups -OCH3 is 2. The number of aryl methyl sites for hydroxylation is 1. The third-order valence-electron chi connectivity index (χ3n) is 2.43. The van der Waals surface area contributed by atoms with Gasteiger partial charge >= 0.3 is 0 Å². The number of benzene rings is 1. The molecule has 0 fully saturated rings. The van der Waals surface area contributed by atoms with E-state index in [1.807, 2.05) is 19.1 Å². The summed E-state index contributed by atoms with van der Waals surface area (Å²) in [5.74, 6) is 1.48. The van der Waals surface area contributed by atoms with E-state index in [9.17, 15) is 0 Å². The molecule has 0 amide bonds. The van der Waals surface area contributed by atoms with Crippen LogP contribution in [0.2, 0.25) is 0 Å². The summed E-state index contributed by atoms with van der Waals surface area (Å²) < 4.78 is 11.5. The van der Waals surface area contributed by atoms with Crippen LogP contribution in [0.3, 0.4) is 0 Å². The molecule has 1 rings (SSSR count). The molecule has 1 aromatic rings. The highest BCUT2D eigenvalue weighted by molar-refractivity contribution is 9.10. The zero-order valence-corrected chi connectivity index (χ0v) is 11.5. The number of halogens is 1. The van der Waals surface area contributed by atoms with Crippen molar-refractivity contribution in [2.45, 2.75) is 25.8 Å². The summed E-state index contributed by atoms with van der Waals surface area (Å²) in [5.41, 5.74) is 6.94. The fourth-order valence-electron chi connectivity index (χ4n) is 1.51. The molecule has 1 aromatic carbocycles. The van der Waals surface area contributed by atoms with Crippen LogP contribution in [-0.2, 0) is 6.42 Å². The van der Waals surface area contributed by atoms with Crippen LogP contribution >= 0.6 is 15.9 Å². The number of hydrogen-bond donors (Lipinski definition) is 1. The van der Waals surface area contributed by atoms with E-state index in [2.05, 4.69) is 15.9 Å². The largest absolute Gasteiger partial charge is 0.493 e. The maximum absolute atomic E-state index is 5.75. The monoisotopic (exact) mass is 287 g/mol. The lowest BCUT2D eigenvalue weighted by Crippen LogP contribution is -2.15. The lowest BCUT2D eigenvalue weighted by atomic mass is 10.1. The molecule has 1 atom stereocenters. The Morgan fingerprint density at radius 2 is 2.00 bits per heavy atom. The van der Waals surface area contributed by atoms with Crippen LogP contribution in [0.15, 0.2) is 16.6 Å². The van der Waals surface area contributed by atoms with Gasteiger partial charge in [-0.2, -0.15) is 0 Å². The van der Waals surface area contributed by atoms with E-state index in [1.54, 1.807) is 14.2 Å². The minimum absolute atomic E-state index is 0.208. The third-order valence-corrected chi connectivity index (χ3v) is 3.30. The summed E-state index contributed by atoms with van der Waals surface area (Å²) >= 11 is 3.54. The van der Waals surface area contributed by atoms with Crippen LogP contribution < -0.4 is 15.2 Å². The van der Waals surface area contributed by atoms with E-state index in [-0.39, 0.29) is 6.04 Å². The Bertz CT molecular complexity index is 353. The van der Waals surface area contributed by atoms with E-state index in [0.29, 0.717) is 0 Å². The second kappa shape index (κ2) is 6.11. The maximum atomic E-state index is 5.75. The van der Waals surface area contributed by atoms with Gasteiger partial charge in [-0.15, -0.1) is 0 Å². The SMILES string of the molecule is COc1ccc(CC[C@H](C)N)c(Br)c1OC. The number of ether oxygens (including phenoxy) is 2. The van der Waals surface area contributed by atoms with Crippen molar-refractivity contribution >= 4 is 15.9 Å². The Morgan fingerprint density at radius 1 is 1.31 bits per heavy atom. The molecule has 0 aliphatic carbocycles. The maximum Gasteiger partial charge on any atom is 0.175 e. The quantitative estimate of drug-likeness (QED) is 0.906. The molecule has 0 unspecified atom stereocenters. The lowest BCUT2D eigenvalue weighted by Gasteiger charge is -2.13. The summed E-state index contributed by atoms with van der Waals surface area (Å²) in [4.78, 5) is 0. The van der Waals surface area contributed by atoms with Gasteiger partial charge in [0.25, 0.3) is 0 Å². The zero-order chi connectivity index (χ0) is 12.1. The predicted molar refractivity (Wildman–Crippen MR) is 69.2 cm³/mol. The highest BCUT2D eigenvalue weighted by atomic mass is 79.9. The third kappa shape index (κ3) is 3.12. The van der Waals surface area contributed by atoms with Crippen LogP contribution in [0.5, 0.6) is 11.5 Å². The molecule has 16 heavy (non-hydrogen) atoms. The minimum Gasteiger partial charge on any atom is -0.493 e. The van der Waals surface area contributed by atoms with Crippen molar-refractivity contribution in [1.82, 2.24) is 0 Å². The molecule has 0 aliphatic heterocycles. The zero-order valence-electron chi connectivity index (χ0n) is 9.92. The van der Waals surface area contributed by atoms with Gasteiger partial charge in [-0.3, -0.25) is 0 Å². The van der Waals surface area contributed by atoms with Crippen molar-refractivity contribution in [3.63, 3.8) is 0 Å². The van der Waals surface area contributed by atoms with E-state index in [0.717, 1.165) is 28.8 Å². The second-order valence-corrected chi connectivity index (χ2v) is 4.58. The van der Waals surface area contributed by atoms with Crippen molar-refractivity contribution in [2.24, 2.45) is 5.73 Å². The molecule has 0 aromatic heterocycles. The molecule has 0 bridgehead atoms. The Balaban J connectivity index is 2.95. The minimum atomic E-state index is 0.208.